The van der Waals surface area contributed by atoms with E-state index in [9.17, 15) is 18.7 Å². The minimum atomic E-state index is -3.15. The molecule has 5 nitrogen and oxygen atoms in total. The van der Waals surface area contributed by atoms with Gasteiger partial charge in [0.15, 0.2) is 6.61 Å². The Kier molecular flexibility index (Phi) is 11.0. The highest BCUT2D eigenvalue weighted by Crippen LogP contribution is 2.38. The molecule has 0 amide bonds. The second-order valence-corrected chi connectivity index (χ2v) is 8.68. The van der Waals surface area contributed by atoms with E-state index in [1.54, 1.807) is 30.3 Å². The van der Waals surface area contributed by atoms with Crippen LogP contribution in [0.5, 0.6) is 5.75 Å². The second-order valence-electron chi connectivity index (χ2n) is 8.68. The van der Waals surface area contributed by atoms with Crippen LogP contribution >= 0.6 is 0 Å². The van der Waals surface area contributed by atoms with Gasteiger partial charge >= 0.3 is 5.97 Å². The van der Waals surface area contributed by atoms with E-state index < -0.39 is 18.6 Å². The van der Waals surface area contributed by atoms with E-state index in [-0.39, 0.29) is 30.0 Å². The highest BCUT2D eigenvalue weighted by atomic mass is 19.3. The van der Waals surface area contributed by atoms with E-state index >= 15 is 0 Å². The molecule has 1 saturated carbocycles. The van der Waals surface area contributed by atoms with Gasteiger partial charge in [-0.1, -0.05) is 36.4 Å². The number of esters is 1. The van der Waals surface area contributed by atoms with Crippen molar-refractivity contribution in [3.8, 4) is 5.75 Å². The third kappa shape index (κ3) is 9.64. The summed E-state index contributed by atoms with van der Waals surface area (Å²) in [5.74, 6) is -3.53. The maximum Gasteiger partial charge on any atom is 0.306 e. The van der Waals surface area contributed by atoms with Gasteiger partial charge < -0.3 is 19.3 Å². The van der Waals surface area contributed by atoms with Crippen LogP contribution in [0.1, 0.15) is 46.0 Å². The minimum Gasteiger partial charge on any atom is -0.487 e. The molecule has 0 unspecified atom stereocenters. The average molecular weight is 467 g/mol. The predicted octanol–water partition coefficient (Wildman–Crippen LogP) is 5.34. The molecular formula is C26H36F2O5. The number of aliphatic hydroxyl groups is 1. The van der Waals surface area contributed by atoms with E-state index in [1.807, 2.05) is 26.0 Å². The molecule has 0 bridgehead atoms. The highest BCUT2D eigenvalue weighted by molar-refractivity contribution is 5.69. The van der Waals surface area contributed by atoms with Crippen molar-refractivity contribution in [3.05, 3.63) is 54.6 Å². The number of hydrogen-bond acceptors (Lipinski definition) is 5. The van der Waals surface area contributed by atoms with Crippen LogP contribution < -0.4 is 4.74 Å². The molecule has 0 saturated heterocycles. The summed E-state index contributed by atoms with van der Waals surface area (Å²) in [4.78, 5) is 11.6. The Morgan fingerprint density at radius 3 is 2.64 bits per heavy atom. The van der Waals surface area contributed by atoms with E-state index in [0.29, 0.717) is 37.9 Å². The van der Waals surface area contributed by atoms with Gasteiger partial charge in [0.25, 0.3) is 5.92 Å². The number of unbranched alkanes of at least 4 members (excludes halogenated alkanes) is 1. The number of alkyl halides is 2. The standard InChI is InChI=1S/C26H36F2O5/c1-19(2)33-25(30)14-10-5-4-9-13-21-22(24(31-3)17-23(21)29)15-16-26(27,28)18-32-20-11-7-6-8-12-20/h4,6-9,11-12,15-16,19,21-24,29H,5,10,13-14,17-18H2,1-3H3/b9-4+,16-15+/t21-,22-,23+,24-/m1/s1. The molecule has 1 fully saturated rings. The molecule has 184 valence electrons. The molecule has 33 heavy (non-hydrogen) atoms. The normalized spacial score (nSPS) is 23.6. The van der Waals surface area contributed by atoms with E-state index in [0.717, 1.165) is 6.08 Å². The zero-order chi connectivity index (χ0) is 24.3. The Balaban J connectivity index is 1.88. The second kappa shape index (κ2) is 13.5. The van der Waals surface area contributed by atoms with Crippen LogP contribution in [0.3, 0.4) is 0 Å². The average Bonchev–Trinajstić information content (AvgIpc) is 3.08. The van der Waals surface area contributed by atoms with Gasteiger partial charge in [-0.2, -0.15) is 8.78 Å². The van der Waals surface area contributed by atoms with Gasteiger partial charge in [0.05, 0.1) is 18.3 Å². The molecule has 0 spiro atoms. The molecule has 1 aliphatic rings. The summed E-state index contributed by atoms with van der Waals surface area (Å²) < 4.78 is 44.5. The van der Waals surface area contributed by atoms with Gasteiger partial charge in [0.2, 0.25) is 0 Å². The number of hydrogen-bond donors (Lipinski definition) is 1. The van der Waals surface area contributed by atoms with Crippen molar-refractivity contribution in [1.29, 1.82) is 0 Å². The number of allylic oxidation sites excluding steroid dienone is 2. The SMILES string of the molecule is CO[C@@H]1C[C@H](O)[C@H](C/C=C/CCCC(=O)OC(C)C)[C@H]1/C=C/C(F)(F)COc1ccccc1. The third-order valence-electron chi connectivity index (χ3n) is 5.62. The first-order valence-corrected chi connectivity index (χ1v) is 11.5. The van der Waals surface area contributed by atoms with Gasteiger partial charge in [-0.15, -0.1) is 0 Å². The van der Waals surface area contributed by atoms with Crippen molar-refractivity contribution in [2.75, 3.05) is 13.7 Å². The lowest BCUT2D eigenvalue weighted by Gasteiger charge is -2.22. The van der Waals surface area contributed by atoms with Crippen LogP contribution in [0.2, 0.25) is 0 Å². The van der Waals surface area contributed by atoms with Crippen LogP contribution in [0.4, 0.5) is 8.78 Å². The largest absolute Gasteiger partial charge is 0.487 e. The minimum absolute atomic E-state index is 0.118. The van der Waals surface area contributed by atoms with Gasteiger partial charge in [-0.3, -0.25) is 4.79 Å². The zero-order valence-corrected chi connectivity index (χ0v) is 19.7. The van der Waals surface area contributed by atoms with Crippen LogP contribution in [-0.4, -0.2) is 49.0 Å². The first-order chi connectivity index (χ1) is 15.7. The van der Waals surface area contributed by atoms with Crippen LogP contribution in [0, 0.1) is 11.8 Å². The molecule has 1 aliphatic carbocycles. The lowest BCUT2D eigenvalue weighted by Crippen LogP contribution is -2.25. The topological polar surface area (TPSA) is 65.0 Å². The fourth-order valence-electron chi connectivity index (χ4n) is 3.99. The number of carbonyl (C=O) groups is 1. The van der Waals surface area contributed by atoms with Crippen molar-refractivity contribution in [1.82, 2.24) is 0 Å². The van der Waals surface area contributed by atoms with Crippen molar-refractivity contribution >= 4 is 5.97 Å². The van der Waals surface area contributed by atoms with Crippen molar-refractivity contribution < 1.29 is 32.9 Å². The van der Waals surface area contributed by atoms with Gasteiger partial charge in [0.1, 0.15) is 5.75 Å². The molecule has 4 atom stereocenters. The Morgan fingerprint density at radius 1 is 1.24 bits per heavy atom. The van der Waals surface area contributed by atoms with E-state index in [2.05, 4.69) is 0 Å². The van der Waals surface area contributed by atoms with Crippen molar-refractivity contribution in [3.63, 3.8) is 0 Å². The molecule has 0 heterocycles. The molecule has 0 radical (unpaired) electrons. The summed E-state index contributed by atoms with van der Waals surface area (Å²) in [6.45, 7) is 2.87. The quantitative estimate of drug-likeness (QED) is 0.242. The molecule has 1 aromatic carbocycles. The molecule has 1 aromatic rings. The van der Waals surface area contributed by atoms with Crippen LogP contribution in [0.15, 0.2) is 54.6 Å². The fourth-order valence-corrected chi connectivity index (χ4v) is 3.99. The summed E-state index contributed by atoms with van der Waals surface area (Å²) in [6.07, 6.45) is 7.81. The number of ether oxygens (including phenoxy) is 3. The van der Waals surface area contributed by atoms with Crippen LogP contribution in [0.25, 0.3) is 0 Å². The number of aliphatic hydroxyl groups excluding tert-OH is 1. The molecule has 0 aliphatic heterocycles. The number of halogens is 2. The summed E-state index contributed by atoms with van der Waals surface area (Å²) in [5.41, 5.74) is 0. The zero-order valence-electron chi connectivity index (χ0n) is 19.7. The summed E-state index contributed by atoms with van der Waals surface area (Å²) >= 11 is 0. The number of rotatable bonds is 13. The number of para-hydroxylation sites is 1. The van der Waals surface area contributed by atoms with Gasteiger partial charge in [-0.25, -0.2) is 0 Å². The van der Waals surface area contributed by atoms with Gasteiger partial charge in [-0.05, 0) is 57.2 Å². The molecular weight excluding hydrogens is 430 g/mol. The molecule has 2 rings (SSSR count). The lowest BCUT2D eigenvalue weighted by atomic mass is 9.89. The summed E-state index contributed by atoms with van der Waals surface area (Å²) in [5, 5.41) is 10.5. The monoisotopic (exact) mass is 466 g/mol. The summed E-state index contributed by atoms with van der Waals surface area (Å²) in [6, 6.07) is 8.49. The fraction of sp³-hybridized carbons (Fsp3) is 0.577. The Bertz CT molecular complexity index is 763. The number of benzene rings is 1. The molecule has 7 heteroatoms. The third-order valence-corrected chi connectivity index (χ3v) is 5.62. The van der Waals surface area contributed by atoms with E-state index in [4.69, 9.17) is 14.2 Å². The smallest absolute Gasteiger partial charge is 0.306 e. The van der Waals surface area contributed by atoms with Gasteiger partial charge in [0, 0.05) is 25.9 Å². The highest BCUT2D eigenvalue weighted by Gasteiger charge is 2.41. The first-order valence-electron chi connectivity index (χ1n) is 11.5. The molecule has 1 N–H and O–H groups in total. The number of methoxy groups -OCH3 is 1. The van der Waals surface area contributed by atoms with Crippen LogP contribution in [-0.2, 0) is 14.3 Å². The maximum absolute atomic E-state index is 14.4. The van der Waals surface area contributed by atoms with E-state index in [1.165, 1.54) is 13.2 Å². The van der Waals surface area contributed by atoms with Crippen molar-refractivity contribution in [2.45, 2.75) is 70.2 Å². The Hall–Kier alpha value is -2.25. The molecule has 0 aromatic heterocycles. The number of carbonyl (C=O) groups excluding carboxylic acids is 1. The Labute approximate surface area is 195 Å². The lowest BCUT2D eigenvalue weighted by molar-refractivity contribution is -0.147. The van der Waals surface area contributed by atoms with Crippen molar-refractivity contribution in [2.24, 2.45) is 11.8 Å². The first kappa shape index (κ1) is 27.0. The Morgan fingerprint density at radius 2 is 1.97 bits per heavy atom. The predicted molar refractivity (Wildman–Crippen MR) is 123 cm³/mol. The maximum atomic E-state index is 14.4. The summed E-state index contributed by atoms with van der Waals surface area (Å²) in [7, 11) is 1.53.